The smallest absolute Gasteiger partial charge is 0.210 e. The molecule has 0 heterocycles. The number of carbonyl (C=O) groups is 1. The summed E-state index contributed by atoms with van der Waals surface area (Å²) in [5.74, 6) is 0.480. The minimum Gasteiger partial charge on any atom is -0.299 e. The Morgan fingerprint density at radius 1 is 1.47 bits per heavy atom. The van der Waals surface area contributed by atoms with E-state index in [2.05, 4.69) is 14.8 Å². The molecule has 0 saturated heterocycles. The quantitative estimate of drug-likeness (QED) is 0.733. The van der Waals surface area contributed by atoms with Gasteiger partial charge in [0.05, 0.1) is 20.6 Å². The number of halogens is 1. The average Bonchev–Trinajstić information content (AvgIpc) is 2.34. The molecule has 2 fully saturated rings. The Labute approximate surface area is 97.7 Å². The fourth-order valence-corrected chi connectivity index (χ4v) is 5.84. The van der Waals surface area contributed by atoms with E-state index in [9.17, 15) is 13.2 Å². The van der Waals surface area contributed by atoms with Crippen molar-refractivity contribution in [3.63, 3.8) is 0 Å². The van der Waals surface area contributed by atoms with Crippen molar-refractivity contribution in [3.8, 4) is 0 Å². The standard InChI is InChI=1S/C10H15BrO3S/c1-9(2)7-3-4-10(9,8(12)5-7)6-15(11,13)14/h7H,3-6H2,1-2H3. The van der Waals surface area contributed by atoms with Gasteiger partial charge in [-0.25, -0.2) is 8.42 Å². The van der Waals surface area contributed by atoms with E-state index in [1.54, 1.807) is 0 Å². The van der Waals surface area contributed by atoms with Gasteiger partial charge in [0.2, 0.25) is 8.27 Å². The lowest BCUT2D eigenvalue weighted by Crippen LogP contribution is -2.41. The van der Waals surface area contributed by atoms with Crippen molar-refractivity contribution >= 4 is 28.9 Å². The molecule has 0 aromatic heterocycles. The third-order valence-electron chi connectivity index (χ3n) is 4.56. The van der Waals surface area contributed by atoms with E-state index in [1.807, 2.05) is 13.8 Å². The van der Waals surface area contributed by atoms with Crippen LogP contribution in [0.15, 0.2) is 0 Å². The Balaban J connectivity index is 2.45. The zero-order valence-corrected chi connectivity index (χ0v) is 11.3. The molecule has 0 amide bonds. The fourth-order valence-electron chi connectivity index (χ4n) is 3.40. The van der Waals surface area contributed by atoms with Crippen molar-refractivity contribution in [2.75, 3.05) is 5.75 Å². The van der Waals surface area contributed by atoms with E-state index in [0.717, 1.165) is 12.8 Å². The molecule has 0 N–H and O–H groups in total. The summed E-state index contributed by atoms with van der Waals surface area (Å²) in [5.41, 5.74) is -0.787. The SMILES string of the molecule is CC1(C)C2CCC1(CS(=O)(=O)Br)C(=O)C2. The van der Waals surface area contributed by atoms with Gasteiger partial charge in [-0.05, 0) is 24.2 Å². The van der Waals surface area contributed by atoms with Crippen LogP contribution in [0.2, 0.25) is 0 Å². The lowest BCUT2D eigenvalue weighted by molar-refractivity contribution is -0.128. The van der Waals surface area contributed by atoms with E-state index < -0.39 is 13.7 Å². The molecule has 0 aliphatic heterocycles. The zero-order chi connectivity index (χ0) is 11.5. The first-order valence-corrected chi connectivity index (χ1v) is 8.64. The highest BCUT2D eigenvalue weighted by Gasteiger charge is 2.65. The first kappa shape index (κ1) is 11.6. The van der Waals surface area contributed by atoms with Gasteiger partial charge in [-0.15, -0.1) is 0 Å². The molecular weight excluding hydrogens is 280 g/mol. The van der Waals surface area contributed by atoms with Crippen LogP contribution < -0.4 is 0 Å². The summed E-state index contributed by atoms with van der Waals surface area (Å²) in [7, 11) is -3.26. The second-order valence-corrected chi connectivity index (χ2v) is 9.68. The number of carbonyl (C=O) groups excluding carboxylic acids is 1. The molecule has 2 rings (SSSR count). The van der Waals surface area contributed by atoms with Gasteiger partial charge in [-0.1, -0.05) is 13.8 Å². The predicted molar refractivity (Wildman–Crippen MR) is 61.3 cm³/mol. The maximum atomic E-state index is 12.0. The predicted octanol–water partition coefficient (Wildman–Crippen LogP) is 2.11. The second-order valence-electron chi connectivity index (χ2n) is 5.35. The molecule has 3 nitrogen and oxygen atoms in total. The third-order valence-corrected chi connectivity index (χ3v) is 6.08. The summed E-state index contributed by atoms with van der Waals surface area (Å²) in [6.07, 6.45) is 2.28. The van der Waals surface area contributed by atoms with E-state index in [4.69, 9.17) is 0 Å². The highest BCUT2D eigenvalue weighted by Crippen LogP contribution is 2.64. The van der Waals surface area contributed by atoms with Crippen molar-refractivity contribution in [2.24, 2.45) is 16.7 Å². The molecule has 2 aliphatic carbocycles. The summed E-state index contributed by atoms with van der Waals surface area (Å²) >= 11 is 2.68. The van der Waals surface area contributed by atoms with Gasteiger partial charge in [-0.3, -0.25) is 4.79 Å². The Morgan fingerprint density at radius 2 is 2.07 bits per heavy atom. The fraction of sp³-hybridized carbons (Fsp3) is 0.900. The number of Topliss-reactive ketones (excluding diaryl/α,β-unsaturated/α-hetero) is 1. The topological polar surface area (TPSA) is 51.2 Å². The summed E-state index contributed by atoms with van der Waals surface area (Å²) in [6, 6.07) is 0. The van der Waals surface area contributed by atoms with Crippen LogP contribution in [0, 0.1) is 16.7 Å². The number of hydrogen-bond donors (Lipinski definition) is 0. The minimum absolute atomic E-state index is 0.0394. The van der Waals surface area contributed by atoms with Crippen molar-refractivity contribution in [1.82, 2.24) is 0 Å². The maximum Gasteiger partial charge on any atom is 0.210 e. The number of hydrogen-bond acceptors (Lipinski definition) is 3. The molecule has 15 heavy (non-hydrogen) atoms. The van der Waals surface area contributed by atoms with Crippen LogP contribution in [0.25, 0.3) is 0 Å². The van der Waals surface area contributed by atoms with Crippen LogP contribution in [-0.4, -0.2) is 20.0 Å². The Morgan fingerprint density at radius 3 is 2.40 bits per heavy atom. The monoisotopic (exact) mass is 294 g/mol. The van der Waals surface area contributed by atoms with Crippen LogP contribution in [0.5, 0.6) is 0 Å². The summed E-state index contributed by atoms with van der Waals surface area (Å²) < 4.78 is 22.7. The highest BCUT2D eigenvalue weighted by molar-refractivity contribution is 9.47. The molecule has 0 aromatic rings. The van der Waals surface area contributed by atoms with Crippen LogP contribution >= 0.6 is 14.8 Å². The van der Waals surface area contributed by atoms with Crippen molar-refractivity contribution in [2.45, 2.75) is 33.1 Å². The normalized spacial score (nSPS) is 38.6. The van der Waals surface area contributed by atoms with Gasteiger partial charge in [0.1, 0.15) is 5.78 Å². The Kier molecular flexibility index (Phi) is 2.37. The zero-order valence-electron chi connectivity index (χ0n) is 8.92. The van der Waals surface area contributed by atoms with Crippen LogP contribution in [-0.2, 0) is 13.1 Å². The highest BCUT2D eigenvalue weighted by atomic mass is 79.9. The van der Waals surface area contributed by atoms with Gasteiger partial charge in [0.15, 0.2) is 0 Å². The molecule has 2 saturated carbocycles. The molecule has 5 heteroatoms. The largest absolute Gasteiger partial charge is 0.299 e. The van der Waals surface area contributed by atoms with Crippen molar-refractivity contribution < 1.29 is 13.2 Å². The molecule has 0 spiro atoms. The molecular formula is C10H15BrO3S. The third kappa shape index (κ3) is 1.50. The van der Waals surface area contributed by atoms with Crippen LogP contribution in [0.1, 0.15) is 33.1 Å². The molecule has 86 valence electrons. The maximum absolute atomic E-state index is 12.0. The molecule has 2 unspecified atom stereocenters. The molecule has 0 aromatic carbocycles. The van der Waals surface area contributed by atoms with Crippen LogP contribution in [0.4, 0.5) is 0 Å². The van der Waals surface area contributed by atoms with E-state index in [0.29, 0.717) is 12.3 Å². The number of fused-ring (bicyclic) bond motifs is 2. The van der Waals surface area contributed by atoms with Crippen molar-refractivity contribution in [1.29, 1.82) is 0 Å². The van der Waals surface area contributed by atoms with E-state index in [1.165, 1.54) is 0 Å². The minimum atomic E-state index is -3.26. The van der Waals surface area contributed by atoms with Gasteiger partial charge >= 0.3 is 0 Å². The van der Waals surface area contributed by atoms with Crippen molar-refractivity contribution in [3.05, 3.63) is 0 Å². The van der Waals surface area contributed by atoms with Gasteiger partial charge in [-0.2, -0.15) is 0 Å². The number of ketones is 1. The molecule has 2 atom stereocenters. The second kappa shape index (κ2) is 3.06. The molecule has 2 aliphatic rings. The summed E-state index contributed by atoms with van der Waals surface area (Å²) in [5, 5.41) is 0. The Bertz CT molecular complexity index is 412. The lowest BCUT2D eigenvalue weighted by atomic mass is 9.70. The molecule has 2 bridgehead atoms. The summed E-state index contributed by atoms with van der Waals surface area (Å²) in [4.78, 5) is 12.0. The Hall–Kier alpha value is 0.1000. The van der Waals surface area contributed by atoms with Gasteiger partial charge in [0.25, 0.3) is 0 Å². The van der Waals surface area contributed by atoms with E-state index in [-0.39, 0.29) is 17.0 Å². The summed E-state index contributed by atoms with van der Waals surface area (Å²) in [6.45, 7) is 4.07. The first-order chi connectivity index (χ1) is 6.69. The van der Waals surface area contributed by atoms with Crippen LogP contribution in [0.3, 0.4) is 0 Å². The first-order valence-electron chi connectivity index (χ1n) is 5.15. The van der Waals surface area contributed by atoms with E-state index >= 15 is 0 Å². The molecule has 0 radical (unpaired) electrons. The average molecular weight is 295 g/mol. The number of rotatable bonds is 2. The van der Waals surface area contributed by atoms with Gasteiger partial charge in [0, 0.05) is 11.8 Å². The van der Waals surface area contributed by atoms with Gasteiger partial charge < -0.3 is 0 Å². The lowest BCUT2D eigenvalue weighted by Gasteiger charge is -2.35.